The molecule has 1 aromatic rings. The summed E-state index contributed by atoms with van der Waals surface area (Å²) in [6.45, 7) is 3.64. The Kier molecular flexibility index (Phi) is 13.0. The van der Waals surface area contributed by atoms with Crippen molar-refractivity contribution in [3.8, 4) is 5.75 Å². The number of unbranched alkanes of at least 4 members (excludes halogenated alkanes) is 1. The molecule has 0 aliphatic rings. The molecule has 0 saturated carbocycles. The zero-order valence-corrected chi connectivity index (χ0v) is 21.0. The number of amides is 3. The molecule has 0 aliphatic carbocycles. The van der Waals surface area contributed by atoms with Crippen molar-refractivity contribution in [3.63, 3.8) is 0 Å². The van der Waals surface area contributed by atoms with Crippen LogP contribution in [0.3, 0.4) is 0 Å². The fourth-order valence-corrected chi connectivity index (χ4v) is 3.42. The predicted molar refractivity (Wildman–Crippen MR) is 133 cm³/mol. The van der Waals surface area contributed by atoms with E-state index in [0.717, 1.165) is 0 Å². The standard InChI is InChI=1S/C24H37N5O8/c1-13(2)20(23(35)28-18(24(36)37)11-14-6-8-15(30)9-7-14)29-22(34)17(12-19(31)32)27-21(33)16(26)5-3-4-10-25/h6-9,13,16-18,20,30H,3-5,10-12,25-26H2,1-2H3,(H,27,33)(H,28,35)(H,29,34)(H,31,32)(H,36,37)/t16-,17-,18-,20-/m0/s1. The van der Waals surface area contributed by atoms with Crippen LogP contribution < -0.4 is 27.4 Å². The van der Waals surface area contributed by atoms with Crippen molar-refractivity contribution < 1.29 is 39.3 Å². The second-order valence-corrected chi connectivity index (χ2v) is 9.05. The van der Waals surface area contributed by atoms with Crippen LogP contribution in [0, 0.1) is 5.92 Å². The number of aliphatic carboxylic acids is 2. The average Bonchev–Trinajstić information content (AvgIpc) is 2.82. The van der Waals surface area contributed by atoms with Gasteiger partial charge in [0.2, 0.25) is 17.7 Å². The molecule has 3 amide bonds. The first kappa shape index (κ1) is 31.3. The van der Waals surface area contributed by atoms with Crippen molar-refractivity contribution >= 4 is 29.7 Å². The lowest BCUT2D eigenvalue weighted by Crippen LogP contribution is -2.59. The Labute approximate surface area is 215 Å². The molecule has 1 rings (SSSR count). The highest BCUT2D eigenvalue weighted by molar-refractivity contribution is 5.95. The topological polar surface area (TPSA) is 234 Å². The van der Waals surface area contributed by atoms with Crippen molar-refractivity contribution in [2.24, 2.45) is 17.4 Å². The molecule has 0 fully saturated rings. The quantitative estimate of drug-likeness (QED) is 0.124. The molecule has 37 heavy (non-hydrogen) atoms. The lowest BCUT2D eigenvalue weighted by Gasteiger charge is -2.26. The number of benzene rings is 1. The maximum Gasteiger partial charge on any atom is 0.326 e. The number of carboxylic acids is 2. The minimum Gasteiger partial charge on any atom is -0.508 e. The maximum absolute atomic E-state index is 12.9. The first-order valence-corrected chi connectivity index (χ1v) is 11.9. The summed E-state index contributed by atoms with van der Waals surface area (Å²) >= 11 is 0. The highest BCUT2D eigenvalue weighted by Gasteiger charge is 2.32. The third-order valence-corrected chi connectivity index (χ3v) is 5.56. The van der Waals surface area contributed by atoms with Crippen LogP contribution in [0.15, 0.2) is 24.3 Å². The molecular weight excluding hydrogens is 486 g/mol. The zero-order valence-electron chi connectivity index (χ0n) is 21.0. The summed E-state index contributed by atoms with van der Waals surface area (Å²) in [6, 6.07) is 0.750. The Hall–Kier alpha value is -3.71. The summed E-state index contributed by atoms with van der Waals surface area (Å²) in [4.78, 5) is 61.3. The normalized spacial score (nSPS) is 14.2. The van der Waals surface area contributed by atoms with Gasteiger partial charge >= 0.3 is 11.9 Å². The van der Waals surface area contributed by atoms with Gasteiger partial charge in [-0.25, -0.2) is 4.79 Å². The molecule has 13 heteroatoms. The van der Waals surface area contributed by atoms with Crippen LogP contribution in [0.2, 0.25) is 0 Å². The number of rotatable bonds is 16. The number of phenols is 1. The number of carbonyl (C=O) groups is 5. The number of aromatic hydroxyl groups is 1. The second-order valence-electron chi connectivity index (χ2n) is 9.05. The summed E-state index contributed by atoms with van der Waals surface area (Å²) in [5.74, 6) is -5.62. The van der Waals surface area contributed by atoms with Gasteiger partial charge in [0.25, 0.3) is 0 Å². The molecule has 0 saturated heterocycles. The minimum atomic E-state index is -1.51. The molecule has 0 spiro atoms. The Morgan fingerprint density at radius 3 is 1.97 bits per heavy atom. The highest BCUT2D eigenvalue weighted by Crippen LogP contribution is 2.12. The lowest BCUT2D eigenvalue weighted by molar-refractivity contribution is -0.143. The molecule has 0 bridgehead atoms. The van der Waals surface area contributed by atoms with Crippen LogP contribution in [0.25, 0.3) is 0 Å². The van der Waals surface area contributed by atoms with Crippen LogP contribution in [0.4, 0.5) is 0 Å². The predicted octanol–water partition coefficient (Wildman–Crippen LogP) is -0.939. The van der Waals surface area contributed by atoms with E-state index in [1.807, 2.05) is 0 Å². The summed E-state index contributed by atoms with van der Waals surface area (Å²) in [7, 11) is 0. The Bertz CT molecular complexity index is 938. The Morgan fingerprint density at radius 2 is 1.46 bits per heavy atom. The molecule has 0 aromatic heterocycles. The zero-order chi connectivity index (χ0) is 28.1. The van der Waals surface area contributed by atoms with E-state index in [0.29, 0.717) is 31.4 Å². The fourth-order valence-electron chi connectivity index (χ4n) is 3.42. The van der Waals surface area contributed by atoms with Crippen molar-refractivity contribution in [1.82, 2.24) is 16.0 Å². The van der Waals surface area contributed by atoms with Gasteiger partial charge in [0.05, 0.1) is 12.5 Å². The minimum absolute atomic E-state index is 0.00164. The molecule has 0 unspecified atom stereocenters. The lowest BCUT2D eigenvalue weighted by atomic mass is 10.0. The van der Waals surface area contributed by atoms with Crippen LogP contribution in [0.1, 0.15) is 45.1 Å². The second kappa shape index (κ2) is 15.4. The number of hydrogen-bond acceptors (Lipinski definition) is 8. The van der Waals surface area contributed by atoms with Gasteiger partial charge in [0, 0.05) is 6.42 Å². The first-order chi connectivity index (χ1) is 17.3. The van der Waals surface area contributed by atoms with Crippen LogP contribution >= 0.6 is 0 Å². The average molecular weight is 524 g/mol. The third kappa shape index (κ3) is 11.3. The first-order valence-electron chi connectivity index (χ1n) is 11.9. The fraction of sp³-hybridized carbons (Fsp3) is 0.542. The molecule has 13 nitrogen and oxygen atoms in total. The van der Waals surface area contributed by atoms with Crippen molar-refractivity contribution in [1.29, 1.82) is 0 Å². The van der Waals surface area contributed by atoms with Gasteiger partial charge in [-0.1, -0.05) is 32.4 Å². The third-order valence-electron chi connectivity index (χ3n) is 5.56. The summed E-state index contributed by atoms with van der Waals surface area (Å²) in [5, 5.41) is 35.3. The van der Waals surface area contributed by atoms with E-state index in [2.05, 4.69) is 16.0 Å². The number of carboxylic acid groups (broad SMARTS) is 2. The van der Waals surface area contributed by atoms with Gasteiger partial charge in [-0.05, 0) is 43.0 Å². The smallest absolute Gasteiger partial charge is 0.326 e. The van der Waals surface area contributed by atoms with Gasteiger partial charge in [-0.2, -0.15) is 0 Å². The SMILES string of the molecule is CC(C)[C@H](NC(=O)[C@H](CC(=O)O)NC(=O)[C@@H](N)CCCCN)C(=O)N[C@@H](Cc1ccc(O)cc1)C(=O)O. The molecule has 0 aliphatic heterocycles. The van der Waals surface area contributed by atoms with Gasteiger partial charge in [-0.15, -0.1) is 0 Å². The van der Waals surface area contributed by atoms with Crippen molar-refractivity contribution in [3.05, 3.63) is 29.8 Å². The van der Waals surface area contributed by atoms with Gasteiger partial charge in [-0.3, -0.25) is 19.2 Å². The van der Waals surface area contributed by atoms with E-state index in [4.69, 9.17) is 11.5 Å². The number of carbonyl (C=O) groups excluding carboxylic acids is 3. The number of hydrogen-bond donors (Lipinski definition) is 8. The maximum atomic E-state index is 12.9. The van der Waals surface area contributed by atoms with E-state index in [9.17, 15) is 39.3 Å². The van der Waals surface area contributed by atoms with Crippen LogP contribution in [-0.4, -0.2) is 75.7 Å². The number of nitrogens with one attached hydrogen (secondary N) is 3. The molecular formula is C24H37N5O8. The van der Waals surface area contributed by atoms with E-state index in [1.165, 1.54) is 24.3 Å². The summed E-state index contributed by atoms with van der Waals surface area (Å²) in [6.07, 6.45) is 0.678. The Balaban J connectivity index is 2.94. The molecule has 4 atom stereocenters. The highest BCUT2D eigenvalue weighted by atomic mass is 16.4. The molecule has 206 valence electrons. The summed E-state index contributed by atoms with van der Waals surface area (Å²) in [5.41, 5.74) is 11.8. The van der Waals surface area contributed by atoms with Crippen molar-refractivity contribution in [2.45, 2.75) is 70.1 Å². The monoisotopic (exact) mass is 523 g/mol. The molecule has 1 aromatic carbocycles. The number of phenolic OH excluding ortho intramolecular Hbond substituents is 1. The van der Waals surface area contributed by atoms with Crippen LogP contribution in [-0.2, 0) is 30.4 Å². The Morgan fingerprint density at radius 1 is 0.865 bits per heavy atom. The van der Waals surface area contributed by atoms with E-state index >= 15 is 0 Å². The van der Waals surface area contributed by atoms with Gasteiger partial charge in [0.15, 0.2) is 0 Å². The van der Waals surface area contributed by atoms with Gasteiger partial charge < -0.3 is 42.7 Å². The largest absolute Gasteiger partial charge is 0.508 e. The number of nitrogens with two attached hydrogens (primary N) is 2. The van der Waals surface area contributed by atoms with Crippen LogP contribution in [0.5, 0.6) is 5.75 Å². The molecule has 10 N–H and O–H groups in total. The molecule has 0 heterocycles. The van der Waals surface area contributed by atoms with E-state index in [1.54, 1.807) is 13.8 Å². The van der Waals surface area contributed by atoms with Gasteiger partial charge in [0.1, 0.15) is 23.9 Å². The van der Waals surface area contributed by atoms with E-state index in [-0.39, 0.29) is 12.2 Å². The summed E-state index contributed by atoms with van der Waals surface area (Å²) < 4.78 is 0. The van der Waals surface area contributed by atoms with Crippen molar-refractivity contribution in [2.75, 3.05) is 6.54 Å². The molecule has 0 radical (unpaired) electrons. The van der Waals surface area contributed by atoms with E-state index < -0.39 is 66.2 Å².